The van der Waals surface area contributed by atoms with Gasteiger partial charge in [0.05, 0.1) is 0 Å². The Kier molecular flexibility index (Phi) is 5.83. The molecule has 0 saturated carbocycles. The van der Waals surface area contributed by atoms with E-state index < -0.39 is 0 Å². The van der Waals surface area contributed by atoms with Crippen molar-refractivity contribution < 1.29 is 4.39 Å². The first-order chi connectivity index (χ1) is 10.1. The highest BCUT2D eigenvalue weighted by molar-refractivity contribution is 7.98. The Labute approximate surface area is 131 Å². The number of halogens is 1. The molecule has 0 aliphatic heterocycles. The van der Waals surface area contributed by atoms with E-state index in [9.17, 15) is 4.39 Å². The van der Waals surface area contributed by atoms with Crippen molar-refractivity contribution in [2.24, 2.45) is 0 Å². The van der Waals surface area contributed by atoms with Gasteiger partial charge in [0.2, 0.25) is 0 Å². The summed E-state index contributed by atoms with van der Waals surface area (Å²) >= 11 is 1.74. The first kappa shape index (κ1) is 16.1. The zero-order valence-electron chi connectivity index (χ0n) is 12.8. The van der Waals surface area contributed by atoms with Crippen LogP contribution < -0.4 is 5.32 Å². The molecular formula is C18H22FNS. The average Bonchev–Trinajstić information content (AvgIpc) is 2.52. The van der Waals surface area contributed by atoms with Gasteiger partial charge in [-0.05, 0) is 55.0 Å². The highest BCUT2D eigenvalue weighted by atomic mass is 32.2. The largest absolute Gasteiger partial charge is 0.303 e. The van der Waals surface area contributed by atoms with Crippen LogP contribution in [0.15, 0.2) is 53.4 Å². The van der Waals surface area contributed by atoms with Crippen molar-refractivity contribution in [3.05, 3.63) is 65.5 Å². The minimum absolute atomic E-state index is 0.163. The van der Waals surface area contributed by atoms with E-state index in [0.717, 1.165) is 12.0 Å². The smallest absolute Gasteiger partial charge is 0.123 e. The molecule has 2 aromatic rings. The maximum absolute atomic E-state index is 13.4. The van der Waals surface area contributed by atoms with Crippen molar-refractivity contribution in [2.45, 2.75) is 37.2 Å². The SMILES string of the molecule is CCC(NC(C)c1ccc(SC)cc1)c1cccc(F)c1. The van der Waals surface area contributed by atoms with Crippen molar-refractivity contribution in [2.75, 3.05) is 6.26 Å². The molecule has 2 unspecified atom stereocenters. The monoisotopic (exact) mass is 303 g/mol. The maximum atomic E-state index is 13.4. The minimum atomic E-state index is -0.176. The van der Waals surface area contributed by atoms with Crippen molar-refractivity contribution >= 4 is 11.8 Å². The molecule has 2 atom stereocenters. The van der Waals surface area contributed by atoms with Crippen LogP contribution in [0.25, 0.3) is 0 Å². The number of thioether (sulfide) groups is 1. The van der Waals surface area contributed by atoms with E-state index in [2.05, 4.69) is 49.7 Å². The quantitative estimate of drug-likeness (QED) is 0.722. The molecule has 0 bridgehead atoms. The molecule has 0 radical (unpaired) electrons. The van der Waals surface area contributed by atoms with E-state index in [1.54, 1.807) is 23.9 Å². The van der Waals surface area contributed by atoms with Crippen LogP contribution in [0.2, 0.25) is 0 Å². The Bertz CT molecular complexity index is 568. The first-order valence-electron chi connectivity index (χ1n) is 7.29. The molecule has 1 nitrogen and oxygen atoms in total. The van der Waals surface area contributed by atoms with Crippen LogP contribution in [-0.4, -0.2) is 6.26 Å². The Morgan fingerprint density at radius 3 is 2.38 bits per heavy atom. The molecule has 0 aliphatic rings. The second-order valence-electron chi connectivity index (χ2n) is 5.18. The first-order valence-corrected chi connectivity index (χ1v) is 8.52. The molecule has 2 rings (SSSR count). The fraction of sp³-hybridized carbons (Fsp3) is 0.333. The molecule has 0 heterocycles. The highest BCUT2D eigenvalue weighted by Crippen LogP contribution is 2.24. The van der Waals surface area contributed by atoms with E-state index >= 15 is 0 Å². The van der Waals surface area contributed by atoms with Gasteiger partial charge in [0.1, 0.15) is 5.82 Å². The summed E-state index contributed by atoms with van der Waals surface area (Å²) in [6, 6.07) is 15.8. The third kappa shape index (κ3) is 4.32. The lowest BCUT2D eigenvalue weighted by molar-refractivity contribution is 0.454. The Balaban J connectivity index is 2.10. The molecule has 2 aromatic carbocycles. The van der Waals surface area contributed by atoms with E-state index in [4.69, 9.17) is 0 Å². The van der Waals surface area contributed by atoms with Crippen molar-refractivity contribution in [3.8, 4) is 0 Å². The highest BCUT2D eigenvalue weighted by Gasteiger charge is 2.14. The summed E-state index contributed by atoms with van der Waals surface area (Å²) in [7, 11) is 0. The molecule has 1 N–H and O–H groups in total. The molecule has 0 aromatic heterocycles. The third-order valence-corrected chi connectivity index (χ3v) is 4.47. The van der Waals surface area contributed by atoms with Crippen LogP contribution in [-0.2, 0) is 0 Å². The third-order valence-electron chi connectivity index (χ3n) is 3.73. The van der Waals surface area contributed by atoms with E-state index in [-0.39, 0.29) is 17.9 Å². The molecular weight excluding hydrogens is 281 g/mol. The summed E-state index contributed by atoms with van der Waals surface area (Å²) in [6.45, 7) is 4.27. The topological polar surface area (TPSA) is 12.0 Å². The van der Waals surface area contributed by atoms with Gasteiger partial charge >= 0.3 is 0 Å². The van der Waals surface area contributed by atoms with Crippen molar-refractivity contribution in [1.29, 1.82) is 0 Å². The Morgan fingerprint density at radius 2 is 1.81 bits per heavy atom. The molecule has 112 valence electrons. The second-order valence-corrected chi connectivity index (χ2v) is 6.06. The standard InChI is InChI=1S/C18H22FNS/c1-4-18(15-6-5-7-16(19)12-15)20-13(2)14-8-10-17(21-3)11-9-14/h5-13,18,20H,4H2,1-3H3. The summed E-state index contributed by atoms with van der Waals surface area (Å²) in [6.07, 6.45) is 3.00. The number of nitrogens with one attached hydrogen (secondary N) is 1. The predicted molar refractivity (Wildman–Crippen MR) is 89.2 cm³/mol. The zero-order valence-corrected chi connectivity index (χ0v) is 13.6. The van der Waals surface area contributed by atoms with Gasteiger partial charge in [-0.2, -0.15) is 0 Å². The van der Waals surface area contributed by atoms with E-state index in [1.807, 2.05) is 6.07 Å². The lowest BCUT2D eigenvalue weighted by Crippen LogP contribution is -2.24. The number of rotatable bonds is 6. The summed E-state index contributed by atoms with van der Waals surface area (Å²) in [4.78, 5) is 1.27. The molecule has 0 saturated heterocycles. The van der Waals surface area contributed by atoms with Crippen LogP contribution in [0.4, 0.5) is 4.39 Å². The molecule has 0 amide bonds. The van der Waals surface area contributed by atoms with Crippen LogP contribution in [0, 0.1) is 5.82 Å². The summed E-state index contributed by atoms with van der Waals surface area (Å²) < 4.78 is 13.4. The lowest BCUT2D eigenvalue weighted by Gasteiger charge is -2.23. The summed E-state index contributed by atoms with van der Waals surface area (Å²) in [5, 5.41) is 3.59. The number of hydrogen-bond acceptors (Lipinski definition) is 2. The summed E-state index contributed by atoms with van der Waals surface area (Å²) in [5.74, 6) is -0.176. The molecule has 0 fully saturated rings. The van der Waals surface area contributed by atoms with Crippen LogP contribution >= 0.6 is 11.8 Å². The van der Waals surface area contributed by atoms with Crippen LogP contribution in [0.5, 0.6) is 0 Å². The lowest BCUT2D eigenvalue weighted by atomic mass is 10.0. The van der Waals surface area contributed by atoms with Gasteiger partial charge in [-0.15, -0.1) is 11.8 Å². The second kappa shape index (κ2) is 7.62. The van der Waals surface area contributed by atoms with E-state index in [0.29, 0.717) is 0 Å². The molecule has 0 aliphatic carbocycles. The number of benzene rings is 2. The van der Waals surface area contributed by atoms with Gasteiger partial charge in [-0.1, -0.05) is 31.2 Å². The predicted octanol–water partition coefficient (Wildman–Crippen LogP) is 5.35. The fourth-order valence-electron chi connectivity index (χ4n) is 2.46. The van der Waals surface area contributed by atoms with E-state index in [1.165, 1.54) is 16.5 Å². The normalized spacial score (nSPS) is 13.9. The Morgan fingerprint density at radius 1 is 1.10 bits per heavy atom. The van der Waals surface area contributed by atoms with Gasteiger partial charge in [0.15, 0.2) is 0 Å². The average molecular weight is 303 g/mol. The zero-order chi connectivity index (χ0) is 15.2. The summed E-state index contributed by atoms with van der Waals surface area (Å²) in [5.41, 5.74) is 2.26. The number of hydrogen-bond donors (Lipinski definition) is 1. The Hall–Kier alpha value is -1.32. The van der Waals surface area contributed by atoms with Crippen molar-refractivity contribution in [1.82, 2.24) is 5.32 Å². The van der Waals surface area contributed by atoms with Gasteiger partial charge in [-0.3, -0.25) is 0 Å². The fourth-order valence-corrected chi connectivity index (χ4v) is 2.87. The van der Waals surface area contributed by atoms with Gasteiger partial charge in [0.25, 0.3) is 0 Å². The molecule has 3 heteroatoms. The van der Waals surface area contributed by atoms with Crippen molar-refractivity contribution in [3.63, 3.8) is 0 Å². The maximum Gasteiger partial charge on any atom is 0.123 e. The molecule has 21 heavy (non-hydrogen) atoms. The van der Waals surface area contributed by atoms with Gasteiger partial charge in [0, 0.05) is 17.0 Å². The van der Waals surface area contributed by atoms with Crippen LogP contribution in [0.1, 0.15) is 43.5 Å². The molecule has 0 spiro atoms. The van der Waals surface area contributed by atoms with Gasteiger partial charge in [-0.25, -0.2) is 4.39 Å². The van der Waals surface area contributed by atoms with Gasteiger partial charge < -0.3 is 5.32 Å². The minimum Gasteiger partial charge on any atom is -0.303 e. The van der Waals surface area contributed by atoms with Crippen LogP contribution in [0.3, 0.4) is 0 Å².